The lowest BCUT2D eigenvalue weighted by Gasteiger charge is -2.20. The fourth-order valence-corrected chi connectivity index (χ4v) is 2.24. The van der Waals surface area contributed by atoms with Gasteiger partial charge in [0.1, 0.15) is 5.82 Å². The third kappa shape index (κ3) is 4.24. The van der Waals surface area contributed by atoms with E-state index in [-0.39, 0.29) is 0 Å². The Labute approximate surface area is 134 Å². The molecule has 0 saturated carbocycles. The zero-order valence-electron chi connectivity index (χ0n) is 12.8. The van der Waals surface area contributed by atoms with Crippen molar-refractivity contribution in [3.63, 3.8) is 0 Å². The van der Waals surface area contributed by atoms with E-state index in [9.17, 15) is 0 Å². The van der Waals surface area contributed by atoms with Crippen molar-refractivity contribution in [2.24, 2.45) is 5.92 Å². The number of ether oxygens (including phenoxy) is 1. The molecule has 0 saturated heterocycles. The van der Waals surface area contributed by atoms with Gasteiger partial charge in [-0.05, 0) is 47.3 Å². The zero-order chi connectivity index (χ0) is 15.4. The third-order valence-electron chi connectivity index (χ3n) is 3.57. The number of halogens is 1. The molecule has 0 aliphatic carbocycles. The maximum Gasteiger partial charge on any atom is 0.231 e. The number of aryl methyl sites for hydroxylation is 2. The predicted octanol–water partition coefficient (Wildman–Crippen LogP) is 4.07. The first kappa shape index (κ1) is 15.9. The van der Waals surface area contributed by atoms with Gasteiger partial charge >= 0.3 is 0 Å². The van der Waals surface area contributed by atoms with Gasteiger partial charge < -0.3 is 4.74 Å². The Kier molecular flexibility index (Phi) is 5.28. The van der Waals surface area contributed by atoms with Gasteiger partial charge in [0.25, 0.3) is 0 Å². The Morgan fingerprint density at radius 2 is 1.90 bits per heavy atom. The summed E-state index contributed by atoms with van der Waals surface area (Å²) in [6.45, 7) is 8.82. The summed E-state index contributed by atoms with van der Waals surface area (Å²) in [5.41, 5.74) is 2.27. The standard InChI is InChI=1S/C16H20BrN3O/c1-10-5-6-15(19-7-10)12(3)11(2)9-21-16-14(17)8-18-13(4)20-16/h5-8,11-12H,9H2,1-4H3/t11-,12+/m1/s1. The molecule has 21 heavy (non-hydrogen) atoms. The molecule has 2 aromatic rings. The van der Waals surface area contributed by atoms with E-state index in [0.29, 0.717) is 30.1 Å². The van der Waals surface area contributed by atoms with Gasteiger partial charge in [0.15, 0.2) is 0 Å². The molecule has 0 N–H and O–H groups in total. The highest BCUT2D eigenvalue weighted by Gasteiger charge is 2.17. The Balaban J connectivity index is 1.99. The highest BCUT2D eigenvalue weighted by Crippen LogP contribution is 2.26. The summed E-state index contributed by atoms with van der Waals surface area (Å²) < 4.78 is 6.60. The quantitative estimate of drug-likeness (QED) is 0.816. The maximum atomic E-state index is 5.82. The molecular formula is C16H20BrN3O. The second-order valence-corrected chi connectivity index (χ2v) is 6.26. The molecule has 0 unspecified atom stereocenters. The molecule has 0 bridgehead atoms. The summed E-state index contributed by atoms with van der Waals surface area (Å²) in [6, 6.07) is 4.18. The predicted molar refractivity (Wildman–Crippen MR) is 86.5 cm³/mol. The average Bonchev–Trinajstić information content (AvgIpc) is 2.48. The first-order valence-corrected chi connectivity index (χ1v) is 7.81. The van der Waals surface area contributed by atoms with Crippen molar-refractivity contribution in [3.05, 3.63) is 46.1 Å². The number of aromatic nitrogens is 3. The molecule has 0 aromatic carbocycles. The van der Waals surface area contributed by atoms with Crippen LogP contribution in [-0.2, 0) is 0 Å². The van der Waals surface area contributed by atoms with E-state index in [4.69, 9.17) is 4.74 Å². The van der Waals surface area contributed by atoms with Gasteiger partial charge in [-0.25, -0.2) is 4.98 Å². The van der Waals surface area contributed by atoms with Gasteiger partial charge in [-0.3, -0.25) is 4.98 Å². The van der Waals surface area contributed by atoms with Crippen LogP contribution in [0, 0.1) is 19.8 Å². The van der Waals surface area contributed by atoms with Crippen molar-refractivity contribution in [3.8, 4) is 5.88 Å². The summed E-state index contributed by atoms with van der Waals surface area (Å²) in [6.07, 6.45) is 3.62. The minimum Gasteiger partial charge on any atom is -0.476 e. The van der Waals surface area contributed by atoms with Crippen LogP contribution in [0.4, 0.5) is 0 Å². The SMILES string of the molecule is Cc1ccc([C@@H](C)[C@H](C)COc2nc(C)ncc2Br)nc1. The van der Waals surface area contributed by atoms with Crippen molar-refractivity contribution >= 4 is 15.9 Å². The van der Waals surface area contributed by atoms with E-state index in [2.05, 4.69) is 56.9 Å². The average molecular weight is 350 g/mol. The molecule has 2 heterocycles. The maximum absolute atomic E-state index is 5.82. The van der Waals surface area contributed by atoms with Crippen LogP contribution in [0.25, 0.3) is 0 Å². The smallest absolute Gasteiger partial charge is 0.231 e. The van der Waals surface area contributed by atoms with E-state index in [1.807, 2.05) is 20.0 Å². The molecule has 0 fully saturated rings. The molecule has 112 valence electrons. The van der Waals surface area contributed by atoms with Crippen molar-refractivity contribution in [2.45, 2.75) is 33.6 Å². The molecule has 4 nitrogen and oxygen atoms in total. The van der Waals surface area contributed by atoms with Gasteiger partial charge in [-0.15, -0.1) is 0 Å². The van der Waals surface area contributed by atoms with Gasteiger partial charge in [0, 0.05) is 24.0 Å². The molecule has 0 aliphatic heterocycles. The molecule has 2 atom stereocenters. The van der Waals surface area contributed by atoms with Gasteiger partial charge in [-0.2, -0.15) is 4.98 Å². The van der Waals surface area contributed by atoms with E-state index in [1.54, 1.807) is 6.20 Å². The minimum atomic E-state index is 0.326. The van der Waals surface area contributed by atoms with Crippen molar-refractivity contribution in [2.75, 3.05) is 6.61 Å². The second-order valence-electron chi connectivity index (χ2n) is 5.41. The number of pyridine rings is 1. The Morgan fingerprint density at radius 3 is 2.57 bits per heavy atom. The summed E-state index contributed by atoms with van der Waals surface area (Å²) in [7, 11) is 0. The molecular weight excluding hydrogens is 330 g/mol. The molecule has 2 aromatic heterocycles. The van der Waals surface area contributed by atoms with Crippen molar-refractivity contribution in [1.29, 1.82) is 0 Å². The fourth-order valence-electron chi connectivity index (χ4n) is 1.93. The van der Waals surface area contributed by atoms with Crippen LogP contribution < -0.4 is 4.74 Å². The number of hydrogen-bond acceptors (Lipinski definition) is 4. The van der Waals surface area contributed by atoms with E-state index >= 15 is 0 Å². The van der Waals surface area contributed by atoms with Crippen LogP contribution in [0.5, 0.6) is 5.88 Å². The summed E-state index contributed by atoms with van der Waals surface area (Å²) >= 11 is 3.41. The third-order valence-corrected chi connectivity index (χ3v) is 4.11. The van der Waals surface area contributed by atoms with Crippen LogP contribution in [0.3, 0.4) is 0 Å². The number of rotatable bonds is 5. The lowest BCUT2D eigenvalue weighted by Crippen LogP contribution is -2.17. The van der Waals surface area contributed by atoms with Crippen LogP contribution in [0.2, 0.25) is 0 Å². The molecule has 0 amide bonds. The summed E-state index contributed by atoms with van der Waals surface area (Å²) in [5, 5.41) is 0. The largest absolute Gasteiger partial charge is 0.476 e. The Hall–Kier alpha value is -1.49. The Bertz CT molecular complexity index is 601. The lowest BCUT2D eigenvalue weighted by atomic mass is 9.93. The van der Waals surface area contributed by atoms with Gasteiger partial charge in [0.2, 0.25) is 5.88 Å². The monoisotopic (exact) mass is 349 g/mol. The Morgan fingerprint density at radius 1 is 1.14 bits per heavy atom. The topological polar surface area (TPSA) is 47.9 Å². The van der Waals surface area contributed by atoms with Crippen molar-refractivity contribution < 1.29 is 4.74 Å². The molecule has 0 radical (unpaired) electrons. The van der Waals surface area contributed by atoms with E-state index in [0.717, 1.165) is 10.2 Å². The normalized spacial score (nSPS) is 13.8. The van der Waals surface area contributed by atoms with Crippen LogP contribution in [0.1, 0.15) is 36.8 Å². The first-order valence-electron chi connectivity index (χ1n) is 7.02. The summed E-state index contributed by atoms with van der Waals surface area (Å²) in [5.74, 6) is 1.96. The van der Waals surface area contributed by atoms with Crippen LogP contribution in [0.15, 0.2) is 29.0 Å². The van der Waals surface area contributed by atoms with E-state index < -0.39 is 0 Å². The minimum absolute atomic E-state index is 0.326. The second kappa shape index (κ2) is 6.98. The summed E-state index contributed by atoms with van der Waals surface area (Å²) in [4.78, 5) is 12.9. The van der Waals surface area contributed by atoms with Crippen LogP contribution in [-0.4, -0.2) is 21.6 Å². The fraction of sp³-hybridized carbons (Fsp3) is 0.438. The van der Waals surface area contributed by atoms with Gasteiger partial charge in [-0.1, -0.05) is 19.9 Å². The molecule has 0 aliphatic rings. The van der Waals surface area contributed by atoms with Crippen molar-refractivity contribution in [1.82, 2.24) is 15.0 Å². The first-order chi connectivity index (χ1) is 9.97. The van der Waals surface area contributed by atoms with Crippen LogP contribution >= 0.6 is 15.9 Å². The lowest BCUT2D eigenvalue weighted by molar-refractivity contribution is 0.230. The molecule has 5 heteroatoms. The number of hydrogen-bond donors (Lipinski definition) is 0. The number of nitrogens with zero attached hydrogens (tertiary/aromatic N) is 3. The van der Waals surface area contributed by atoms with E-state index in [1.165, 1.54) is 5.56 Å². The zero-order valence-corrected chi connectivity index (χ0v) is 14.4. The highest BCUT2D eigenvalue weighted by atomic mass is 79.9. The van der Waals surface area contributed by atoms with Gasteiger partial charge in [0.05, 0.1) is 11.1 Å². The molecule has 2 rings (SSSR count). The highest BCUT2D eigenvalue weighted by molar-refractivity contribution is 9.10. The molecule has 0 spiro atoms.